The van der Waals surface area contributed by atoms with Crippen molar-refractivity contribution in [3.05, 3.63) is 0 Å². The lowest BCUT2D eigenvalue weighted by atomic mass is 10.0. The third-order valence-electron chi connectivity index (χ3n) is 2.56. The molecule has 0 aromatic heterocycles. The molecule has 2 nitrogen and oxygen atoms in total. The first-order valence-corrected chi connectivity index (χ1v) is 4.84. The van der Waals surface area contributed by atoms with Crippen molar-refractivity contribution in [2.75, 3.05) is 26.2 Å². The summed E-state index contributed by atoms with van der Waals surface area (Å²) >= 11 is 0. The fourth-order valence-corrected chi connectivity index (χ4v) is 1.58. The van der Waals surface area contributed by atoms with Crippen molar-refractivity contribution >= 4 is 0 Å². The molecule has 0 bridgehead atoms. The average molecular weight is 192 g/mol. The molecule has 0 spiro atoms. The number of likely N-dealkylation sites (tertiary alicyclic amines) is 1. The highest BCUT2D eigenvalue weighted by Gasteiger charge is 2.33. The smallest absolute Gasteiger partial charge is 0.250 e. The van der Waals surface area contributed by atoms with Gasteiger partial charge in [-0.15, -0.1) is 0 Å². The summed E-state index contributed by atoms with van der Waals surface area (Å²) in [7, 11) is 0. The Labute approximate surface area is 78.1 Å². The number of rotatable bonds is 3. The molecule has 1 rings (SSSR count). The van der Waals surface area contributed by atoms with Crippen LogP contribution in [0.3, 0.4) is 0 Å². The van der Waals surface area contributed by atoms with Crippen molar-refractivity contribution in [3.63, 3.8) is 0 Å². The number of nitrogens with two attached hydrogens (primary N) is 1. The molecule has 0 aromatic carbocycles. The van der Waals surface area contributed by atoms with Crippen LogP contribution in [0.5, 0.6) is 0 Å². The van der Waals surface area contributed by atoms with Crippen LogP contribution >= 0.6 is 0 Å². The normalized spacial score (nSPS) is 25.8. The van der Waals surface area contributed by atoms with Gasteiger partial charge >= 0.3 is 0 Å². The van der Waals surface area contributed by atoms with Crippen LogP contribution in [-0.4, -0.2) is 37.0 Å². The predicted molar refractivity (Wildman–Crippen MR) is 48.8 cm³/mol. The molecule has 13 heavy (non-hydrogen) atoms. The van der Waals surface area contributed by atoms with Crippen LogP contribution in [0.4, 0.5) is 8.78 Å². The van der Waals surface area contributed by atoms with E-state index < -0.39 is 5.92 Å². The summed E-state index contributed by atoms with van der Waals surface area (Å²) in [6, 6.07) is 0. The van der Waals surface area contributed by atoms with Crippen molar-refractivity contribution in [1.29, 1.82) is 0 Å². The van der Waals surface area contributed by atoms with E-state index in [0.29, 0.717) is 25.6 Å². The molecule has 2 N–H and O–H groups in total. The summed E-state index contributed by atoms with van der Waals surface area (Å²) in [5, 5.41) is 0. The van der Waals surface area contributed by atoms with Crippen molar-refractivity contribution < 1.29 is 8.78 Å². The zero-order chi connectivity index (χ0) is 9.90. The van der Waals surface area contributed by atoms with Gasteiger partial charge in [-0.2, -0.15) is 0 Å². The molecular weight excluding hydrogens is 174 g/mol. The highest BCUT2D eigenvalue weighted by Crippen LogP contribution is 2.27. The second kappa shape index (κ2) is 4.33. The van der Waals surface area contributed by atoms with Crippen LogP contribution < -0.4 is 5.73 Å². The van der Waals surface area contributed by atoms with E-state index in [0.717, 1.165) is 6.54 Å². The quantitative estimate of drug-likeness (QED) is 0.730. The molecule has 0 saturated carbocycles. The van der Waals surface area contributed by atoms with Gasteiger partial charge in [0.2, 0.25) is 0 Å². The Balaban J connectivity index is 2.25. The minimum absolute atomic E-state index is 0.00426. The Bertz CT molecular complexity index is 152. The molecule has 0 aromatic rings. The van der Waals surface area contributed by atoms with Gasteiger partial charge in [-0.1, -0.05) is 6.92 Å². The minimum Gasteiger partial charge on any atom is -0.330 e. The maximum atomic E-state index is 12.7. The highest BCUT2D eigenvalue weighted by molar-refractivity contribution is 4.78. The number of halogens is 2. The summed E-state index contributed by atoms with van der Waals surface area (Å²) in [6.45, 7) is 4.56. The van der Waals surface area contributed by atoms with Crippen LogP contribution in [0.2, 0.25) is 0 Å². The van der Waals surface area contributed by atoms with E-state index >= 15 is 0 Å². The number of nitrogens with zero attached hydrogens (tertiary/aromatic N) is 1. The first-order chi connectivity index (χ1) is 6.03. The van der Waals surface area contributed by atoms with Gasteiger partial charge in [0.15, 0.2) is 0 Å². The lowest BCUT2D eigenvalue weighted by Crippen LogP contribution is -2.42. The summed E-state index contributed by atoms with van der Waals surface area (Å²) in [6.07, 6.45) is 0.00851. The van der Waals surface area contributed by atoms with Gasteiger partial charge in [-0.3, -0.25) is 0 Å². The van der Waals surface area contributed by atoms with Gasteiger partial charge in [0.1, 0.15) is 0 Å². The number of piperidine rings is 1. The molecular formula is C9H18F2N2. The van der Waals surface area contributed by atoms with E-state index in [1.807, 2.05) is 6.92 Å². The fourth-order valence-electron chi connectivity index (χ4n) is 1.58. The van der Waals surface area contributed by atoms with Crippen LogP contribution in [0.1, 0.15) is 19.8 Å². The molecule has 4 heteroatoms. The summed E-state index contributed by atoms with van der Waals surface area (Å²) in [4.78, 5) is 2.08. The maximum Gasteiger partial charge on any atom is 0.250 e. The van der Waals surface area contributed by atoms with Crippen molar-refractivity contribution in [2.24, 2.45) is 11.7 Å². The van der Waals surface area contributed by atoms with Crippen LogP contribution in [0.15, 0.2) is 0 Å². The first kappa shape index (κ1) is 10.9. The topological polar surface area (TPSA) is 29.3 Å². The van der Waals surface area contributed by atoms with Gasteiger partial charge < -0.3 is 10.6 Å². The SMILES string of the molecule is CC(CN)CN1CCC(F)(F)CC1. The Kier molecular flexibility index (Phi) is 3.62. The number of hydrogen-bond donors (Lipinski definition) is 1. The van der Waals surface area contributed by atoms with E-state index in [1.165, 1.54) is 0 Å². The molecule has 1 saturated heterocycles. The highest BCUT2D eigenvalue weighted by atomic mass is 19.3. The van der Waals surface area contributed by atoms with Crippen LogP contribution in [0, 0.1) is 5.92 Å². The van der Waals surface area contributed by atoms with Gasteiger partial charge in [0, 0.05) is 32.5 Å². The van der Waals surface area contributed by atoms with Crippen LogP contribution in [0.25, 0.3) is 0 Å². The standard InChI is InChI=1S/C9H18F2N2/c1-8(6-12)7-13-4-2-9(10,11)3-5-13/h8H,2-7,12H2,1H3. The monoisotopic (exact) mass is 192 g/mol. The van der Waals surface area contributed by atoms with Gasteiger partial charge in [-0.05, 0) is 12.5 Å². The van der Waals surface area contributed by atoms with Gasteiger partial charge in [0.05, 0.1) is 0 Å². The van der Waals surface area contributed by atoms with Crippen LogP contribution in [-0.2, 0) is 0 Å². The Morgan fingerprint density at radius 2 is 1.92 bits per heavy atom. The molecule has 1 heterocycles. The molecule has 0 aliphatic carbocycles. The van der Waals surface area contributed by atoms with Gasteiger partial charge in [0.25, 0.3) is 5.92 Å². The number of alkyl halides is 2. The van der Waals surface area contributed by atoms with E-state index in [9.17, 15) is 8.78 Å². The number of hydrogen-bond acceptors (Lipinski definition) is 2. The Morgan fingerprint density at radius 3 is 2.38 bits per heavy atom. The maximum absolute atomic E-state index is 12.7. The molecule has 1 fully saturated rings. The fraction of sp³-hybridized carbons (Fsp3) is 1.00. The second-order valence-electron chi connectivity index (χ2n) is 4.00. The summed E-state index contributed by atoms with van der Waals surface area (Å²) in [5.74, 6) is -2.02. The predicted octanol–water partition coefficient (Wildman–Crippen LogP) is 1.31. The average Bonchev–Trinajstić information content (AvgIpc) is 2.08. The Hall–Kier alpha value is -0.220. The van der Waals surface area contributed by atoms with Crippen molar-refractivity contribution in [3.8, 4) is 0 Å². The van der Waals surface area contributed by atoms with Gasteiger partial charge in [-0.25, -0.2) is 8.78 Å². The molecule has 1 atom stereocenters. The van der Waals surface area contributed by atoms with Crippen molar-refractivity contribution in [2.45, 2.75) is 25.7 Å². The van der Waals surface area contributed by atoms with E-state index in [-0.39, 0.29) is 12.8 Å². The minimum atomic E-state index is -2.43. The van der Waals surface area contributed by atoms with E-state index in [2.05, 4.69) is 4.90 Å². The first-order valence-electron chi connectivity index (χ1n) is 4.84. The van der Waals surface area contributed by atoms with E-state index in [1.54, 1.807) is 0 Å². The molecule has 0 amide bonds. The largest absolute Gasteiger partial charge is 0.330 e. The third-order valence-corrected chi connectivity index (χ3v) is 2.56. The molecule has 1 aliphatic rings. The second-order valence-corrected chi connectivity index (χ2v) is 4.00. The molecule has 1 aliphatic heterocycles. The lowest BCUT2D eigenvalue weighted by molar-refractivity contribution is -0.0568. The zero-order valence-corrected chi connectivity index (χ0v) is 8.10. The summed E-state index contributed by atoms with van der Waals surface area (Å²) in [5.41, 5.74) is 5.47. The van der Waals surface area contributed by atoms with E-state index in [4.69, 9.17) is 5.73 Å². The molecule has 1 unspecified atom stereocenters. The van der Waals surface area contributed by atoms with Crippen molar-refractivity contribution in [1.82, 2.24) is 4.90 Å². The zero-order valence-electron chi connectivity index (χ0n) is 8.10. The molecule has 78 valence electrons. The Morgan fingerprint density at radius 1 is 1.38 bits per heavy atom. The lowest BCUT2D eigenvalue weighted by Gasteiger charge is -2.33. The summed E-state index contributed by atoms with van der Waals surface area (Å²) < 4.78 is 25.5. The molecule has 0 radical (unpaired) electrons. The third kappa shape index (κ3) is 3.56.